The minimum Gasteiger partial charge on any atom is -0.311 e. The Balaban J connectivity index is 0.972. The van der Waals surface area contributed by atoms with Gasteiger partial charge in [0.25, 0.3) is 13.4 Å². The maximum atomic E-state index is 2.66. The van der Waals surface area contributed by atoms with Crippen molar-refractivity contribution in [3.63, 3.8) is 0 Å². The van der Waals surface area contributed by atoms with E-state index in [0.29, 0.717) is 0 Å². The molecule has 0 atom stereocenters. The Bertz CT molecular complexity index is 4370. The van der Waals surface area contributed by atoms with Gasteiger partial charge in [-0.15, -0.1) is 0 Å². The Morgan fingerprint density at radius 1 is 0.239 bits per heavy atom. The summed E-state index contributed by atoms with van der Waals surface area (Å²) in [5.74, 6) is 0. The Labute approximate surface area is 520 Å². The molecular formula is C82H72B2N4. The zero-order valence-electron chi connectivity index (χ0n) is 51.9. The number of para-hydroxylation sites is 6. The van der Waals surface area contributed by atoms with Crippen LogP contribution < -0.4 is 52.4 Å². The second-order valence-electron chi connectivity index (χ2n) is 28.5. The molecule has 88 heavy (non-hydrogen) atoms. The molecular weight excluding hydrogens is 1060 g/mol. The fraction of sp³-hybridized carbons (Fsp3) is 0.195. The molecule has 0 spiro atoms. The van der Waals surface area contributed by atoms with Crippen molar-refractivity contribution in [3.05, 3.63) is 265 Å². The van der Waals surface area contributed by atoms with E-state index in [1.54, 1.807) is 0 Å². The summed E-state index contributed by atoms with van der Waals surface area (Å²) >= 11 is 0. The van der Waals surface area contributed by atoms with E-state index in [1.165, 1.54) is 136 Å². The van der Waals surface area contributed by atoms with Crippen molar-refractivity contribution < 1.29 is 0 Å². The molecule has 0 bridgehead atoms. The number of rotatable bonds is 6. The van der Waals surface area contributed by atoms with Gasteiger partial charge in [-0.25, -0.2) is 0 Å². The average molecular weight is 1140 g/mol. The number of hydrogen-bond donors (Lipinski definition) is 0. The van der Waals surface area contributed by atoms with Crippen LogP contribution in [0.25, 0.3) is 22.3 Å². The molecule has 0 aromatic heterocycles. The highest BCUT2D eigenvalue weighted by atomic mass is 15.2. The topological polar surface area (TPSA) is 13.0 Å². The van der Waals surface area contributed by atoms with Crippen molar-refractivity contribution in [1.82, 2.24) is 0 Å². The van der Waals surface area contributed by atoms with Gasteiger partial charge in [-0.3, -0.25) is 0 Å². The standard InChI is InChI=1S/C82H72B2N4/c1-79(2)41-43-81(5,6)63-45-53(37-39-61(63)79)55-47-73-77-75(49-55)87(59-29-17-11-18-30-59)71-52-72-68(51-67(71)83(77)65-33-21-23-35-69(65)85(73)57-25-13-9-14-26-57)84-66-34-22-24-36-70(66)86(58-27-15-10-16-28-58)74-48-56(50-76(78(74)84)88(72)60-31-19-12-20-32-60)54-38-40-62-64(46-54)82(7,8)44-42-80(62,3)4/h9-40,45-52H,41-44H2,1-8H3. The van der Waals surface area contributed by atoms with Crippen molar-refractivity contribution >= 4 is 114 Å². The van der Waals surface area contributed by atoms with E-state index >= 15 is 0 Å². The third-order valence-electron chi connectivity index (χ3n) is 21.5. The van der Waals surface area contributed by atoms with Crippen molar-refractivity contribution in [3.8, 4) is 22.3 Å². The molecule has 0 N–H and O–H groups in total. The minimum absolute atomic E-state index is 0.0513. The molecule has 11 aromatic rings. The predicted molar refractivity (Wildman–Crippen MR) is 376 cm³/mol. The van der Waals surface area contributed by atoms with Gasteiger partial charge in [0.15, 0.2) is 0 Å². The van der Waals surface area contributed by atoms with Gasteiger partial charge in [-0.05, 0) is 216 Å². The average Bonchev–Trinajstić information content (AvgIpc) is 0.707. The normalized spacial score (nSPS) is 17.1. The molecule has 4 nitrogen and oxygen atoms in total. The van der Waals surface area contributed by atoms with E-state index in [9.17, 15) is 0 Å². The lowest BCUT2D eigenvalue weighted by molar-refractivity contribution is 0.332. The van der Waals surface area contributed by atoms with Gasteiger partial charge in [-0.1, -0.05) is 207 Å². The maximum Gasteiger partial charge on any atom is 0.252 e. The molecule has 0 radical (unpaired) electrons. The first-order valence-electron chi connectivity index (χ1n) is 32.1. The lowest BCUT2D eigenvalue weighted by Crippen LogP contribution is -2.65. The van der Waals surface area contributed by atoms with Crippen LogP contribution in [0.2, 0.25) is 0 Å². The Kier molecular flexibility index (Phi) is 11.5. The molecule has 0 amide bonds. The number of benzene rings is 11. The molecule has 6 aliphatic rings. The predicted octanol–water partition coefficient (Wildman–Crippen LogP) is 17.9. The quantitative estimate of drug-likeness (QED) is 0.154. The molecule has 0 saturated heterocycles. The molecule has 4 heterocycles. The van der Waals surface area contributed by atoms with E-state index < -0.39 is 0 Å². The van der Waals surface area contributed by atoms with Crippen molar-refractivity contribution in [2.75, 3.05) is 19.6 Å². The van der Waals surface area contributed by atoms with Crippen molar-refractivity contribution in [2.45, 2.75) is 103 Å². The summed E-state index contributed by atoms with van der Waals surface area (Å²) in [6.07, 6.45) is 4.67. The van der Waals surface area contributed by atoms with Crippen LogP contribution in [0, 0.1) is 0 Å². The van der Waals surface area contributed by atoms with Crippen LogP contribution >= 0.6 is 0 Å². The van der Waals surface area contributed by atoms with E-state index in [0.717, 1.165) is 35.6 Å². The monoisotopic (exact) mass is 1130 g/mol. The van der Waals surface area contributed by atoms with E-state index in [4.69, 9.17) is 0 Å². The molecule has 0 unspecified atom stereocenters. The molecule has 0 fully saturated rings. The van der Waals surface area contributed by atoms with Crippen LogP contribution in [0.15, 0.2) is 243 Å². The summed E-state index contributed by atoms with van der Waals surface area (Å²) in [5, 5.41) is 0. The fourth-order valence-electron chi connectivity index (χ4n) is 16.7. The van der Waals surface area contributed by atoms with Crippen molar-refractivity contribution in [1.29, 1.82) is 0 Å². The molecule has 4 aliphatic heterocycles. The first-order chi connectivity index (χ1) is 42.6. The Hall–Kier alpha value is -9.25. The maximum absolute atomic E-state index is 2.66. The number of hydrogen-bond acceptors (Lipinski definition) is 4. The summed E-state index contributed by atoms with van der Waals surface area (Å²) in [4.78, 5) is 10.4. The lowest BCUT2D eigenvalue weighted by atomic mass is 9.30. The number of nitrogens with zero attached hydrogens (tertiary/aromatic N) is 4. The molecule has 2 aliphatic carbocycles. The molecule has 11 aromatic carbocycles. The molecule has 17 rings (SSSR count). The van der Waals surface area contributed by atoms with Crippen LogP contribution in [0.5, 0.6) is 0 Å². The first-order valence-corrected chi connectivity index (χ1v) is 32.1. The fourth-order valence-corrected chi connectivity index (χ4v) is 16.7. The summed E-state index contributed by atoms with van der Waals surface area (Å²) in [5.41, 5.74) is 33.2. The number of anilines is 12. The second kappa shape index (κ2) is 19.1. The molecule has 426 valence electrons. The largest absolute Gasteiger partial charge is 0.311 e. The van der Waals surface area contributed by atoms with Crippen molar-refractivity contribution in [2.24, 2.45) is 0 Å². The Morgan fingerprint density at radius 3 is 0.875 bits per heavy atom. The molecule has 6 heteroatoms. The van der Waals surface area contributed by atoms with Gasteiger partial charge in [0.05, 0.1) is 0 Å². The molecule has 0 saturated carbocycles. The van der Waals surface area contributed by atoms with E-state index in [2.05, 4.69) is 318 Å². The van der Waals surface area contributed by atoms with Crippen LogP contribution in [0.1, 0.15) is 103 Å². The van der Waals surface area contributed by atoms with Crippen LogP contribution in [0.4, 0.5) is 68.2 Å². The minimum atomic E-state index is -0.0925. The summed E-state index contributed by atoms with van der Waals surface area (Å²) in [6, 6.07) is 93.4. The summed E-state index contributed by atoms with van der Waals surface area (Å²) in [7, 11) is 0. The van der Waals surface area contributed by atoms with Crippen LogP contribution in [-0.4, -0.2) is 13.4 Å². The Morgan fingerprint density at radius 2 is 0.534 bits per heavy atom. The highest BCUT2D eigenvalue weighted by Crippen LogP contribution is 2.53. The van der Waals surface area contributed by atoms with Gasteiger partial charge in [0.1, 0.15) is 0 Å². The summed E-state index contributed by atoms with van der Waals surface area (Å²) < 4.78 is 0. The van der Waals surface area contributed by atoms with Gasteiger partial charge in [0, 0.05) is 68.2 Å². The number of fused-ring (bicyclic) bond motifs is 10. The van der Waals surface area contributed by atoms with Crippen LogP contribution in [0.3, 0.4) is 0 Å². The second-order valence-corrected chi connectivity index (χ2v) is 28.5. The smallest absolute Gasteiger partial charge is 0.252 e. The SMILES string of the molecule is CC1(C)CCC(C)(C)c2cc(-c3cc4c5c(c3)N(c3ccccc3)c3cc6c(cc3B5c3ccccc3N4c3ccccc3)B3c4ccccc4N(c4ccccc4)c4cc(-c5ccc7c(c5)C(C)(C)CCC7(C)C)cc(c43)N6c3ccccc3)ccc21. The van der Waals surface area contributed by atoms with Gasteiger partial charge >= 0.3 is 0 Å². The van der Waals surface area contributed by atoms with Gasteiger partial charge in [-0.2, -0.15) is 0 Å². The van der Waals surface area contributed by atoms with E-state index in [-0.39, 0.29) is 35.1 Å². The van der Waals surface area contributed by atoms with Gasteiger partial charge < -0.3 is 19.6 Å². The first kappa shape index (κ1) is 53.0. The third-order valence-corrected chi connectivity index (χ3v) is 21.5. The lowest BCUT2D eigenvalue weighted by Gasteiger charge is -2.47. The highest BCUT2D eigenvalue weighted by molar-refractivity contribution is 7.03. The highest BCUT2D eigenvalue weighted by Gasteiger charge is 2.49. The zero-order chi connectivity index (χ0) is 59.6. The third kappa shape index (κ3) is 7.86. The van der Waals surface area contributed by atoms with Gasteiger partial charge in [0.2, 0.25) is 0 Å². The summed E-state index contributed by atoms with van der Waals surface area (Å²) in [6.45, 7) is 19.4. The zero-order valence-corrected chi connectivity index (χ0v) is 51.9. The van der Waals surface area contributed by atoms with E-state index in [1.807, 2.05) is 0 Å². The van der Waals surface area contributed by atoms with Crippen LogP contribution in [-0.2, 0) is 21.7 Å².